The van der Waals surface area contributed by atoms with E-state index in [0.29, 0.717) is 12.3 Å². The Hall–Kier alpha value is -0.860. The summed E-state index contributed by atoms with van der Waals surface area (Å²) < 4.78 is 0. The van der Waals surface area contributed by atoms with Crippen molar-refractivity contribution in [3.05, 3.63) is 0 Å². The van der Waals surface area contributed by atoms with Crippen LogP contribution in [0.3, 0.4) is 0 Å². The van der Waals surface area contributed by atoms with Gasteiger partial charge >= 0.3 is 0 Å². The highest BCUT2D eigenvalue weighted by Gasteiger charge is 2.32. The van der Waals surface area contributed by atoms with E-state index in [1.165, 1.54) is 0 Å². The molecule has 1 rings (SSSR count). The van der Waals surface area contributed by atoms with Gasteiger partial charge in [0.05, 0.1) is 0 Å². The highest BCUT2D eigenvalue weighted by Crippen LogP contribution is 2.21. The second kappa shape index (κ2) is 4.77. The molecule has 1 unspecified atom stereocenters. The first-order chi connectivity index (χ1) is 6.93. The lowest BCUT2D eigenvalue weighted by Crippen LogP contribution is -2.33. The first kappa shape index (κ1) is 12.2. The molecule has 0 aromatic rings. The van der Waals surface area contributed by atoms with Gasteiger partial charge in [0.15, 0.2) is 0 Å². The van der Waals surface area contributed by atoms with Crippen LogP contribution in [0.15, 0.2) is 0 Å². The number of hydrogen-bond acceptors (Lipinski definition) is 2. The molecule has 86 valence electrons. The van der Waals surface area contributed by atoms with E-state index in [-0.39, 0.29) is 23.7 Å². The van der Waals surface area contributed by atoms with E-state index in [1.54, 1.807) is 0 Å². The lowest BCUT2D eigenvalue weighted by molar-refractivity contribution is -0.133. The summed E-state index contributed by atoms with van der Waals surface area (Å²) in [5.74, 6) is 0.679. The standard InChI is InChI=1S/C12H21NO2/c1-8(2)11(14)10-5-6-13(7-10)12(15)9(3)4/h8-10H,5-7H2,1-4H3. The average Bonchev–Trinajstić information content (AvgIpc) is 2.63. The minimum Gasteiger partial charge on any atom is -0.342 e. The lowest BCUT2D eigenvalue weighted by Gasteiger charge is -2.18. The fraction of sp³-hybridized carbons (Fsp3) is 0.833. The number of ketones is 1. The molecule has 3 heteroatoms. The molecule has 0 aromatic heterocycles. The van der Waals surface area contributed by atoms with Crippen LogP contribution in [0.1, 0.15) is 34.1 Å². The summed E-state index contributed by atoms with van der Waals surface area (Å²) in [5.41, 5.74) is 0. The van der Waals surface area contributed by atoms with E-state index >= 15 is 0 Å². The van der Waals surface area contributed by atoms with Crippen molar-refractivity contribution in [2.45, 2.75) is 34.1 Å². The number of rotatable bonds is 3. The molecule has 0 bridgehead atoms. The van der Waals surface area contributed by atoms with Crippen molar-refractivity contribution in [3.63, 3.8) is 0 Å². The second-order valence-electron chi connectivity index (χ2n) is 4.98. The molecule has 0 spiro atoms. The van der Waals surface area contributed by atoms with Crippen LogP contribution in [0.25, 0.3) is 0 Å². The van der Waals surface area contributed by atoms with Gasteiger partial charge in [0, 0.05) is 30.8 Å². The molecule has 15 heavy (non-hydrogen) atoms. The molecule has 1 atom stereocenters. The van der Waals surface area contributed by atoms with Crippen molar-refractivity contribution in [2.75, 3.05) is 13.1 Å². The summed E-state index contributed by atoms with van der Waals surface area (Å²) in [4.78, 5) is 25.3. The van der Waals surface area contributed by atoms with Gasteiger partial charge in [-0.3, -0.25) is 9.59 Å². The molecule has 0 saturated carbocycles. The Morgan fingerprint density at radius 2 is 1.73 bits per heavy atom. The molecule has 0 N–H and O–H groups in total. The zero-order valence-electron chi connectivity index (χ0n) is 10.1. The molecule has 1 heterocycles. The quantitative estimate of drug-likeness (QED) is 0.712. The van der Waals surface area contributed by atoms with Crippen molar-refractivity contribution in [2.24, 2.45) is 17.8 Å². The molecule has 1 fully saturated rings. The van der Waals surface area contributed by atoms with E-state index in [1.807, 2.05) is 32.6 Å². The molecule has 1 aliphatic rings. The Bertz CT molecular complexity index is 232. The van der Waals surface area contributed by atoms with Gasteiger partial charge in [0.2, 0.25) is 5.91 Å². The number of carbonyl (C=O) groups excluding carboxylic acids is 2. The summed E-state index contributed by atoms with van der Waals surface area (Å²) in [6.45, 7) is 9.04. The maximum Gasteiger partial charge on any atom is 0.225 e. The van der Waals surface area contributed by atoms with Crippen molar-refractivity contribution in [1.82, 2.24) is 4.90 Å². The van der Waals surface area contributed by atoms with Gasteiger partial charge in [0.1, 0.15) is 5.78 Å². The van der Waals surface area contributed by atoms with Crippen molar-refractivity contribution < 1.29 is 9.59 Å². The van der Waals surface area contributed by atoms with E-state index in [9.17, 15) is 9.59 Å². The Labute approximate surface area is 91.8 Å². The Morgan fingerprint density at radius 3 is 2.20 bits per heavy atom. The van der Waals surface area contributed by atoms with Crippen LogP contribution in [0.5, 0.6) is 0 Å². The first-order valence-electron chi connectivity index (χ1n) is 5.76. The maximum absolute atomic E-state index is 11.7. The summed E-state index contributed by atoms with van der Waals surface area (Å²) in [6.07, 6.45) is 0.843. The van der Waals surface area contributed by atoms with Gasteiger partial charge in [-0.15, -0.1) is 0 Å². The monoisotopic (exact) mass is 211 g/mol. The van der Waals surface area contributed by atoms with Crippen LogP contribution in [0.2, 0.25) is 0 Å². The highest BCUT2D eigenvalue weighted by molar-refractivity contribution is 5.85. The third kappa shape index (κ3) is 2.80. The average molecular weight is 211 g/mol. The Kier molecular flexibility index (Phi) is 3.89. The van der Waals surface area contributed by atoms with Crippen LogP contribution in [0.4, 0.5) is 0 Å². The van der Waals surface area contributed by atoms with Crippen molar-refractivity contribution >= 4 is 11.7 Å². The number of Topliss-reactive ketones (excluding diaryl/α,β-unsaturated/α-hetero) is 1. The van der Waals surface area contributed by atoms with Crippen LogP contribution in [-0.4, -0.2) is 29.7 Å². The van der Waals surface area contributed by atoms with Crippen LogP contribution >= 0.6 is 0 Å². The Balaban J connectivity index is 2.53. The number of nitrogens with zero attached hydrogens (tertiary/aromatic N) is 1. The van der Waals surface area contributed by atoms with Gasteiger partial charge in [-0.25, -0.2) is 0 Å². The molecule has 1 amide bonds. The number of likely N-dealkylation sites (tertiary alicyclic amines) is 1. The number of hydrogen-bond donors (Lipinski definition) is 0. The zero-order chi connectivity index (χ0) is 11.6. The largest absolute Gasteiger partial charge is 0.342 e. The fourth-order valence-electron chi connectivity index (χ4n) is 2.03. The van der Waals surface area contributed by atoms with Crippen LogP contribution < -0.4 is 0 Å². The van der Waals surface area contributed by atoms with E-state index in [2.05, 4.69) is 0 Å². The molecule has 1 saturated heterocycles. The Morgan fingerprint density at radius 1 is 1.13 bits per heavy atom. The molecule has 1 aliphatic heterocycles. The minimum atomic E-state index is 0.0397. The van der Waals surface area contributed by atoms with E-state index in [0.717, 1.165) is 13.0 Å². The van der Waals surface area contributed by atoms with Gasteiger partial charge in [-0.2, -0.15) is 0 Å². The second-order valence-corrected chi connectivity index (χ2v) is 4.98. The highest BCUT2D eigenvalue weighted by atomic mass is 16.2. The summed E-state index contributed by atoms with van der Waals surface area (Å²) in [7, 11) is 0. The molecule has 0 aromatic carbocycles. The first-order valence-corrected chi connectivity index (χ1v) is 5.76. The third-order valence-corrected chi connectivity index (χ3v) is 2.97. The predicted molar refractivity (Wildman–Crippen MR) is 59.4 cm³/mol. The maximum atomic E-state index is 11.7. The summed E-state index contributed by atoms with van der Waals surface area (Å²) in [5, 5.41) is 0. The lowest BCUT2D eigenvalue weighted by atomic mass is 9.95. The van der Waals surface area contributed by atoms with E-state index in [4.69, 9.17) is 0 Å². The third-order valence-electron chi connectivity index (χ3n) is 2.97. The summed E-state index contributed by atoms with van der Waals surface area (Å²) >= 11 is 0. The molecular weight excluding hydrogens is 190 g/mol. The molecule has 0 radical (unpaired) electrons. The van der Waals surface area contributed by atoms with E-state index < -0.39 is 0 Å². The predicted octanol–water partition coefficient (Wildman–Crippen LogP) is 1.72. The van der Waals surface area contributed by atoms with Crippen LogP contribution in [0, 0.1) is 17.8 Å². The normalized spacial score (nSPS) is 21.5. The van der Waals surface area contributed by atoms with Crippen LogP contribution in [-0.2, 0) is 9.59 Å². The molecular formula is C12H21NO2. The van der Waals surface area contributed by atoms with Gasteiger partial charge in [-0.05, 0) is 6.42 Å². The summed E-state index contributed by atoms with van der Waals surface area (Å²) in [6, 6.07) is 0. The van der Waals surface area contributed by atoms with Gasteiger partial charge in [0.25, 0.3) is 0 Å². The number of carbonyl (C=O) groups is 2. The zero-order valence-corrected chi connectivity index (χ0v) is 10.1. The number of amides is 1. The topological polar surface area (TPSA) is 37.4 Å². The molecule has 0 aliphatic carbocycles. The fourth-order valence-corrected chi connectivity index (χ4v) is 2.03. The minimum absolute atomic E-state index is 0.0397. The van der Waals surface area contributed by atoms with Crippen molar-refractivity contribution in [1.29, 1.82) is 0 Å². The van der Waals surface area contributed by atoms with Gasteiger partial charge < -0.3 is 4.90 Å². The SMILES string of the molecule is CC(C)C(=O)C1CCN(C(=O)C(C)C)C1. The smallest absolute Gasteiger partial charge is 0.225 e. The molecule has 3 nitrogen and oxygen atoms in total. The van der Waals surface area contributed by atoms with Gasteiger partial charge in [-0.1, -0.05) is 27.7 Å². The van der Waals surface area contributed by atoms with Crippen molar-refractivity contribution in [3.8, 4) is 0 Å².